The van der Waals surface area contributed by atoms with E-state index in [-0.39, 0.29) is 5.91 Å². The molecule has 0 spiro atoms. The summed E-state index contributed by atoms with van der Waals surface area (Å²) in [6.07, 6.45) is 0. The first-order valence-electron chi connectivity index (χ1n) is 8.36. The van der Waals surface area contributed by atoms with Gasteiger partial charge in [-0.3, -0.25) is 9.69 Å². The molecule has 0 heterocycles. The molecule has 1 amide bonds. The minimum absolute atomic E-state index is 0.106. The molecular formula is C20H25ClN2O2. The molecule has 4 nitrogen and oxygen atoms in total. The molecule has 0 unspecified atom stereocenters. The number of ether oxygens (including phenoxy) is 1. The third-order valence-electron chi connectivity index (χ3n) is 4.04. The Morgan fingerprint density at radius 1 is 1.12 bits per heavy atom. The normalized spacial score (nSPS) is 10.8. The van der Waals surface area contributed by atoms with Crippen molar-refractivity contribution in [3.63, 3.8) is 0 Å². The van der Waals surface area contributed by atoms with Crippen molar-refractivity contribution >= 4 is 17.5 Å². The van der Waals surface area contributed by atoms with Crippen LogP contribution in [-0.2, 0) is 17.9 Å². The Labute approximate surface area is 155 Å². The summed E-state index contributed by atoms with van der Waals surface area (Å²) in [4.78, 5) is 16.5. The highest BCUT2D eigenvalue weighted by atomic mass is 35.5. The molecule has 2 aromatic carbocycles. The standard InChI is InChI=1S/C20H25ClN2O2/c1-4-23(13-16-8-6-5-7-9-16)20(24)15-22(2)14-17-12-18(21)10-11-19(17)25-3/h5-12H,4,13-15H2,1-3H3. The van der Waals surface area contributed by atoms with Gasteiger partial charge in [-0.15, -0.1) is 0 Å². The van der Waals surface area contributed by atoms with E-state index in [2.05, 4.69) is 0 Å². The first kappa shape index (κ1) is 19.3. The minimum atomic E-state index is 0.106. The van der Waals surface area contributed by atoms with E-state index in [9.17, 15) is 4.79 Å². The number of nitrogens with zero attached hydrogens (tertiary/aromatic N) is 2. The summed E-state index contributed by atoms with van der Waals surface area (Å²) in [6, 6.07) is 15.6. The summed E-state index contributed by atoms with van der Waals surface area (Å²) >= 11 is 6.08. The summed E-state index contributed by atoms with van der Waals surface area (Å²) in [5.41, 5.74) is 2.10. The van der Waals surface area contributed by atoms with Crippen LogP contribution in [0.1, 0.15) is 18.1 Å². The van der Waals surface area contributed by atoms with E-state index in [0.717, 1.165) is 16.9 Å². The second kappa shape index (κ2) is 9.44. The number of amides is 1. The van der Waals surface area contributed by atoms with Gasteiger partial charge in [0, 0.05) is 30.2 Å². The fraction of sp³-hybridized carbons (Fsp3) is 0.350. The van der Waals surface area contributed by atoms with Gasteiger partial charge in [0.1, 0.15) is 5.75 Å². The van der Waals surface area contributed by atoms with E-state index in [1.165, 1.54) is 0 Å². The third-order valence-corrected chi connectivity index (χ3v) is 4.27. The molecule has 0 saturated carbocycles. The molecule has 0 fully saturated rings. The van der Waals surface area contributed by atoms with Crippen LogP contribution in [0.5, 0.6) is 5.75 Å². The van der Waals surface area contributed by atoms with E-state index in [1.54, 1.807) is 13.2 Å². The highest BCUT2D eigenvalue weighted by Crippen LogP contribution is 2.23. The van der Waals surface area contributed by atoms with Gasteiger partial charge >= 0.3 is 0 Å². The maximum absolute atomic E-state index is 12.6. The lowest BCUT2D eigenvalue weighted by Gasteiger charge is -2.25. The molecule has 134 valence electrons. The average Bonchev–Trinajstić information content (AvgIpc) is 2.60. The summed E-state index contributed by atoms with van der Waals surface area (Å²) in [7, 11) is 3.56. The monoisotopic (exact) mass is 360 g/mol. The van der Waals surface area contributed by atoms with Crippen molar-refractivity contribution in [2.24, 2.45) is 0 Å². The van der Waals surface area contributed by atoms with Crippen LogP contribution in [0.25, 0.3) is 0 Å². The summed E-state index contributed by atoms with van der Waals surface area (Å²) in [6.45, 7) is 4.25. The average molecular weight is 361 g/mol. The molecule has 0 N–H and O–H groups in total. The zero-order chi connectivity index (χ0) is 18.2. The van der Waals surface area contributed by atoms with Gasteiger partial charge in [0.15, 0.2) is 0 Å². The Bertz CT molecular complexity index is 691. The van der Waals surface area contributed by atoms with Crippen LogP contribution >= 0.6 is 11.6 Å². The van der Waals surface area contributed by atoms with E-state index >= 15 is 0 Å². The first-order valence-corrected chi connectivity index (χ1v) is 8.74. The Morgan fingerprint density at radius 2 is 1.84 bits per heavy atom. The number of rotatable bonds is 8. The SMILES string of the molecule is CCN(Cc1ccccc1)C(=O)CN(C)Cc1cc(Cl)ccc1OC. The quantitative estimate of drug-likeness (QED) is 0.717. The maximum Gasteiger partial charge on any atom is 0.237 e. The molecule has 0 aliphatic heterocycles. The lowest BCUT2D eigenvalue weighted by atomic mass is 10.2. The van der Waals surface area contributed by atoms with E-state index in [1.807, 2.05) is 66.2 Å². The highest BCUT2D eigenvalue weighted by Gasteiger charge is 2.16. The Hall–Kier alpha value is -2.04. The van der Waals surface area contributed by atoms with Crippen LogP contribution in [-0.4, -0.2) is 43.0 Å². The van der Waals surface area contributed by atoms with Crippen LogP contribution < -0.4 is 4.74 Å². The van der Waals surface area contributed by atoms with Crippen molar-refractivity contribution < 1.29 is 9.53 Å². The van der Waals surface area contributed by atoms with Gasteiger partial charge in [-0.05, 0) is 37.7 Å². The summed E-state index contributed by atoms with van der Waals surface area (Å²) < 4.78 is 5.37. The smallest absolute Gasteiger partial charge is 0.237 e. The fourth-order valence-electron chi connectivity index (χ4n) is 2.73. The molecule has 0 aliphatic carbocycles. The number of hydrogen-bond acceptors (Lipinski definition) is 3. The van der Waals surface area contributed by atoms with Crippen molar-refractivity contribution in [2.45, 2.75) is 20.0 Å². The number of carbonyl (C=O) groups excluding carboxylic acids is 1. The van der Waals surface area contributed by atoms with E-state index < -0.39 is 0 Å². The van der Waals surface area contributed by atoms with E-state index in [0.29, 0.717) is 31.2 Å². The van der Waals surface area contributed by atoms with Crippen LogP contribution in [0.4, 0.5) is 0 Å². The molecule has 2 rings (SSSR count). The third kappa shape index (κ3) is 5.76. The van der Waals surface area contributed by atoms with Crippen molar-refractivity contribution in [3.8, 4) is 5.75 Å². The number of halogens is 1. The van der Waals surface area contributed by atoms with Crippen molar-refractivity contribution in [1.29, 1.82) is 0 Å². The van der Waals surface area contributed by atoms with Crippen molar-refractivity contribution in [2.75, 3.05) is 27.2 Å². The van der Waals surface area contributed by atoms with Crippen LogP contribution in [0.3, 0.4) is 0 Å². The maximum atomic E-state index is 12.6. The Kier molecular flexibility index (Phi) is 7.29. The van der Waals surface area contributed by atoms with Crippen molar-refractivity contribution in [1.82, 2.24) is 9.80 Å². The first-order chi connectivity index (χ1) is 12.0. The topological polar surface area (TPSA) is 32.8 Å². The molecule has 2 aromatic rings. The predicted molar refractivity (Wildman–Crippen MR) is 102 cm³/mol. The summed E-state index contributed by atoms with van der Waals surface area (Å²) in [5.74, 6) is 0.884. The zero-order valence-electron chi connectivity index (χ0n) is 15.0. The number of hydrogen-bond donors (Lipinski definition) is 0. The van der Waals surface area contributed by atoms with Gasteiger partial charge in [0.25, 0.3) is 0 Å². The molecule has 0 aliphatic rings. The minimum Gasteiger partial charge on any atom is -0.496 e. The van der Waals surface area contributed by atoms with Gasteiger partial charge in [-0.2, -0.15) is 0 Å². The molecular weight excluding hydrogens is 336 g/mol. The molecule has 0 saturated heterocycles. The van der Waals surface area contributed by atoms with Gasteiger partial charge in [0.2, 0.25) is 5.91 Å². The largest absolute Gasteiger partial charge is 0.496 e. The van der Waals surface area contributed by atoms with Gasteiger partial charge in [-0.25, -0.2) is 0 Å². The molecule has 0 atom stereocenters. The molecule has 0 bridgehead atoms. The van der Waals surface area contributed by atoms with Crippen LogP contribution in [0.2, 0.25) is 5.02 Å². The molecule has 5 heteroatoms. The number of likely N-dealkylation sites (N-methyl/N-ethyl adjacent to an activating group) is 2. The number of methoxy groups -OCH3 is 1. The van der Waals surface area contributed by atoms with Crippen molar-refractivity contribution in [3.05, 3.63) is 64.7 Å². The van der Waals surface area contributed by atoms with Gasteiger partial charge in [0.05, 0.1) is 13.7 Å². The fourth-order valence-corrected chi connectivity index (χ4v) is 2.92. The second-order valence-electron chi connectivity index (χ2n) is 6.02. The highest BCUT2D eigenvalue weighted by molar-refractivity contribution is 6.30. The number of benzene rings is 2. The van der Waals surface area contributed by atoms with Crippen LogP contribution in [0, 0.1) is 0 Å². The van der Waals surface area contributed by atoms with E-state index in [4.69, 9.17) is 16.3 Å². The van der Waals surface area contributed by atoms with Gasteiger partial charge in [-0.1, -0.05) is 41.9 Å². The van der Waals surface area contributed by atoms with Crippen LogP contribution in [0.15, 0.2) is 48.5 Å². The number of carbonyl (C=O) groups is 1. The lowest BCUT2D eigenvalue weighted by molar-refractivity contribution is -0.132. The molecule has 0 aromatic heterocycles. The Morgan fingerprint density at radius 3 is 2.48 bits per heavy atom. The predicted octanol–water partition coefficient (Wildman–Crippen LogP) is 3.83. The second-order valence-corrected chi connectivity index (χ2v) is 6.46. The molecule has 0 radical (unpaired) electrons. The lowest BCUT2D eigenvalue weighted by Crippen LogP contribution is -2.38. The zero-order valence-corrected chi connectivity index (χ0v) is 15.8. The molecule has 25 heavy (non-hydrogen) atoms. The summed E-state index contributed by atoms with van der Waals surface area (Å²) in [5, 5.41) is 0.662. The Balaban J connectivity index is 1.97. The van der Waals surface area contributed by atoms with Gasteiger partial charge < -0.3 is 9.64 Å².